The van der Waals surface area contributed by atoms with Gasteiger partial charge in [-0.3, -0.25) is 4.57 Å². The van der Waals surface area contributed by atoms with Crippen molar-refractivity contribution in [1.82, 2.24) is 34.4 Å². The molecule has 2 aliphatic heterocycles. The number of hydrogen-bond acceptors (Lipinski definition) is 10. The molecule has 3 aromatic heterocycles. The van der Waals surface area contributed by atoms with Crippen LogP contribution in [0.1, 0.15) is 64.6 Å². The molecule has 7 rings (SSSR count). The number of nitrogen functional groups attached to an aromatic ring is 1. The van der Waals surface area contributed by atoms with Crippen molar-refractivity contribution < 1.29 is 18.9 Å². The fraction of sp³-hybridized carbons (Fsp3) is 0.625. The maximum absolute atomic E-state index is 6.62. The van der Waals surface area contributed by atoms with Crippen molar-refractivity contribution in [2.45, 2.75) is 95.2 Å². The molecule has 3 aliphatic rings. The Bertz CT molecular complexity index is 1640. The van der Waals surface area contributed by atoms with Crippen LogP contribution in [-0.2, 0) is 30.8 Å². The number of H-pyrrole nitrogens is 1. The summed E-state index contributed by atoms with van der Waals surface area (Å²) in [6, 6.07) is 7.02. The van der Waals surface area contributed by atoms with E-state index in [1.165, 1.54) is 24.7 Å². The fourth-order valence-corrected chi connectivity index (χ4v) is 7.20. The number of likely N-dealkylation sites (N-methyl/N-ethyl adjacent to an activating group) is 1. The normalized spacial score (nSPS) is 28.2. The van der Waals surface area contributed by atoms with E-state index in [1.807, 2.05) is 18.4 Å². The van der Waals surface area contributed by atoms with Gasteiger partial charge in [-0.05, 0) is 63.8 Å². The van der Waals surface area contributed by atoms with Gasteiger partial charge in [-0.1, -0.05) is 19.9 Å². The van der Waals surface area contributed by atoms with E-state index < -0.39 is 12.0 Å². The van der Waals surface area contributed by atoms with Gasteiger partial charge < -0.3 is 34.6 Å². The van der Waals surface area contributed by atoms with Crippen molar-refractivity contribution in [2.75, 3.05) is 33.0 Å². The van der Waals surface area contributed by atoms with Crippen LogP contribution in [0.25, 0.3) is 22.2 Å². The van der Waals surface area contributed by atoms with Gasteiger partial charge >= 0.3 is 0 Å². The third kappa shape index (κ3) is 5.36. The molecule has 2 saturated heterocycles. The first-order valence-corrected chi connectivity index (χ1v) is 15.6. The number of benzene rings is 1. The van der Waals surface area contributed by atoms with Crippen LogP contribution in [0.3, 0.4) is 0 Å². The Kier molecular flexibility index (Phi) is 7.40. The summed E-state index contributed by atoms with van der Waals surface area (Å²) in [5, 5.41) is 0. The SMILES string of the molecule is COCC(C)(C)c1ccc2nc(CCC3CC(N(C)CC4OC(n5cnc6c(N)ncnc65)C5OC(C)(C)OC45)C3)[nH]c2c1. The van der Waals surface area contributed by atoms with E-state index in [9.17, 15) is 0 Å². The number of nitrogens with zero attached hydrogens (tertiary/aromatic N) is 6. The second kappa shape index (κ2) is 11.0. The van der Waals surface area contributed by atoms with Crippen LogP contribution in [0.4, 0.5) is 5.82 Å². The molecular weight excluding hydrogens is 560 g/mol. The summed E-state index contributed by atoms with van der Waals surface area (Å²) in [6.07, 6.45) is 6.53. The van der Waals surface area contributed by atoms with Gasteiger partial charge in [0.15, 0.2) is 23.5 Å². The van der Waals surface area contributed by atoms with E-state index in [4.69, 9.17) is 29.7 Å². The standard InChI is InChI=1S/C32H44N8O4/c1-31(2,15-41-6)19-8-9-21-22(13-19)38-24(37-21)10-7-18-11-20(12-18)39(5)14-23-26-27(44-32(3,4)43-26)30(42-23)40-17-36-25-28(33)34-16-35-29(25)40/h8-9,13,16-18,20,23,26-27,30H,7,10-12,14-15H2,1-6H3,(H,37,38)(H2,33,34,35). The van der Waals surface area contributed by atoms with Gasteiger partial charge in [0.25, 0.3) is 0 Å². The predicted octanol–water partition coefficient (Wildman–Crippen LogP) is 3.97. The molecule has 12 heteroatoms. The molecule has 0 amide bonds. The van der Waals surface area contributed by atoms with Crippen LogP contribution in [0.15, 0.2) is 30.9 Å². The quantitative estimate of drug-likeness (QED) is 0.273. The second-order valence-corrected chi connectivity index (χ2v) is 13.9. The molecular formula is C32H44N8O4. The van der Waals surface area contributed by atoms with Crippen LogP contribution in [0, 0.1) is 5.92 Å². The Morgan fingerprint density at radius 1 is 1.16 bits per heavy atom. The first kappa shape index (κ1) is 29.5. The zero-order valence-corrected chi connectivity index (χ0v) is 26.5. The molecule has 3 fully saturated rings. The summed E-state index contributed by atoms with van der Waals surface area (Å²) >= 11 is 0. The van der Waals surface area contributed by atoms with Crippen molar-refractivity contribution in [3.63, 3.8) is 0 Å². The van der Waals surface area contributed by atoms with Crippen molar-refractivity contribution in [2.24, 2.45) is 5.92 Å². The highest BCUT2D eigenvalue weighted by atomic mass is 16.8. The number of methoxy groups -OCH3 is 1. The number of aryl methyl sites for hydroxylation is 1. The number of anilines is 1. The molecule has 4 aromatic rings. The number of nitrogens with two attached hydrogens (primary N) is 1. The van der Waals surface area contributed by atoms with E-state index in [-0.39, 0.29) is 23.7 Å². The molecule has 0 bridgehead atoms. The van der Waals surface area contributed by atoms with Gasteiger partial charge in [0, 0.05) is 31.5 Å². The average molecular weight is 605 g/mol. The average Bonchev–Trinajstić information content (AvgIpc) is 3.69. The number of ether oxygens (including phenoxy) is 4. The van der Waals surface area contributed by atoms with E-state index in [1.54, 1.807) is 13.4 Å². The highest BCUT2D eigenvalue weighted by molar-refractivity contribution is 5.81. The van der Waals surface area contributed by atoms with Crippen LogP contribution in [0.2, 0.25) is 0 Å². The van der Waals surface area contributed by atoms with E-state index in [2.05, 4.69) is 63.9 Å². The molecule has 1 aromatic carbocycles. The molecule has 5 heterocycles. The van der Waals surface area contributed by atoms with Crippen molar-refractivity contribution >= 4 is 28.0 Å². The highest BCUT2D eigenvalue weighted by Gasteiger charge is 2.56. The van der Waals surface area contributed by atoms with Crippen molar-refractivity contribution in [3.8, 4) is 0 Å². The summed E-state index contributed by atoms with van der Waals surface area (Å²) in [5.41, 5.74) is 10.6. The Labute approximate surface area is 257 Å². The lowest BCUT2D eigenvalue weighted by Crippen LogP contribution is -2.48. The molecule has 3 N–H and O–H groups in total. The largest absolute Gasteiger partial charge is 0.384 e. The first-order valence-electron chi connectivity index (χ1n) is 15.6. The van der Waals surface area contributed by atoms with Crippen LogP contribution in [-0.4, -0.2) is 91.8 Å². The Morgan fingerprint density at radius 2 is 1.95 bits per heavy atom. The lowest BCUT2D eigenvalue weighted by Gasteiger charge is -2.42. The van der Waals surface area contributed by atoms with Gasteiger partial charge in [0.05, 0.1) is 24.0 Å². The van der Waals surface area contributed by atoms with Crippen LogP contribution < -0.4 is 5.73 Å². The number of fused-ring (bicyclic) bond motifs is 3. The number of hydrogen-bond donors (Lipinski definition) is 2. The van der Waals surface area contributed by atoms with E-state index >= 15 is 0 Å². The van der Waals surface area contributed by atoms with Crippen LogP contribution in [0.5, 0.6) is 0 Å². The number of imidazole rings is 2. The van der Waals surface area contributed by atoms with Gasteiger partial charge in [0.1, 0.15) is 36.0 Å². The summed E-state index contributed by atoms with van der Waals surface area (Å²) in [7, 11) is 3.94. The van der Waals surface area contributed by atoms with E-state index in [0.29, 0.717) is 35.5 Å². The van der Waals surface area contributed by atoms with Crippen molar-refractivity contribution in [3.05, 3.63) is 42.2 Å². The lowest BCUT2D eigenvalue weighted by molar-refractivity contribution is -0.198. The molecule has 0 radical (unpaired) electrons. The number of nitrogens with one attached hydrogen (secondary N) is 1. The Hall–Kier alpha value is -3.16. The third-order valence-electron chi connectivity index (χ3n) is 9.70. The number of aromatic amines is 1. The Balaban J connectivity index is 0.954. The summed E-state index contributed by atoms with van der Waals surface area (Å²) in [5.74, 6) is 1.40. The summed E-state index contributed by atoms with van der Waals surface area (Å²) in [4.78, 5) is 23.8. The minimum atomic E-state index is -0.696. The van der Waals surface area contributed by atoms with Gasteiger partial charge in [-0.25, -0.2) is 19.9 Å². The summed E-state index contributed by atoms with van der Waals surface area (Å²) in [6.45, 7) is 9.75. The van der Waals surface area contributed by atoms with Gasteiger partial charge in [-0.2, -0.15) is 0 Å². The maximum Gasteiger partial charge on any atom is 0.167 e. The zero-order valence-electron chi connectivity index (χ0n) is 26.5. The molecule has 0 spiro atoms. The number of rotatable bonds is 10. The van der Waals surface area contributed by atoms with Gasteiger partial charge in [0.2, 0.25) is 0 Å². The van der Waals surface area contributed by atoms with Crippen molar-refractivity contribution in [1.29, 1.82) is 0 Å². The first-order chi connectivity index (χ1) is 21.0. The molecule has 4 unspecified atom stereocenters. The fourth-order valence-electron chi connectivity index (χ4n) is 7.20. The minimum absolute atomic E-state index is 0.0446. The Morgan fingerprint density at radius 3 is 2.75 bits per heavy atom. The number of aromatic nitrogens is 6. The molecule has 1 saturated carbocycles. The highest BCUT2D eigenvalue weighted by Crippen LogP contribution is 2.45. The maximum atomic E-state index is 6.62. The minimum Gasteiger partial charge on any atom is -0.384 e. The molecule has 4 atom stereocenters. The second-order valence-electron chi connectivity index (χ2n) is 13.9. The monoisotopic (exact) mass is 604 g/mol. The topological polar surface area (TPSA) is 138 Å². The van der Waals surface area contributed by atoms with Crippen LogP contribution >= 0.6 is 0 Å². The van der Waals surface area contributed by atoms with E-state index in [0.717, 1.165) is 36.2 Å². The zero-order chi connectivity index (χ0) is 30.8. The third-order valence-corrected chi connectivity index (χ3v) is 9.70. The van der Waals surface area contributed by atoms with Gasteiger partial charge in [-0.15, -0.1) is 0 Å². The lowest BCUT2D eigenvalue weighted by atomic mass is 9.76. The molecule has 12 nitrogen and oxygen atoms in total. The molecule has 44 heavy (non-hydrogen) atoms. The smallest absolute Gasteiger partial charge is 0.167 e. The molecule has 236 valence electrons. The summed E-state index contributed by atoms with van der Waals surface area (Å²) < 4.78 is 26.7. The molecule has 1 aliphatic carbocycles. The predicted molar refractivity (Wildman–Crippen MR) is 166 cm³/mol.